The monoisotopic (exact) mass is 380 g/mol. The molecule has 1 saturated heterocycles. The van der Waals surface area contributed by atoms with Gasteiger partial charge in [0, 0.05) is 41.6 Å². The molecule has 2 aliphatic heterocycles. The average Bonchev–Trinajstić information content (AvgIpc) is 3.43. The minimum atomic E-state index is -0.751. The van der Waals surface area contributed by atoms with Gasteiger partial charge in [0.15, 0.2) is 0 Å². The molecule has 28 heavy (non-hydrogen) atoms. The van der Waals surface area contributed by atoms with E-state index in [9.17, 15) is 9.50 Å². The van der Waals surface area contributed by atoms with Gasteiger partial charge in [0.25, 0.3) is 0 Å². The maximum absolute atomic E-state index is 14.8. The molecule has 0 aliphatic carbocycles. The van der Waals surface area contributed by atoms with E-state index in [1.165, 1.54) is 13.2 Å². The summed E-state index contributed by atoms with van der Waals surface area (Å²) in [6, 6.07) is 11.3. The van der Waals surface area contributed by atoms with E-state index in [2.05, 4.69) is 20.4 Å². The molecule has 5 rings (SSSR count). The molecule has 2 unspecified atom stereocenters. The van der Waals surface area contributed by atoms with Gasteiger partial charge in [-0.2, -0.15) is 5.10 Å². The lowest BCUT2D eigenvalue weighted by Crippen LogP contribution is -2.53. The molecule has 7 heteroatoms. The van der Waals surface area contributed by atoms with Gasteiger partial charge in [-0.05, 0) is 30.7 Å². The number of aromatic amines is 1. The zero-order valence-electron chi connectivity index (χ0n) is 15.4. The summed E-state index contributed by atoms with van der Waals surface area (Å²) < 4.78 is 20.1. The van der Waals surface area contributed by atoms with Gasteiger partial charge in [-0.3, -0.25) is 10.4 Å². The number of benzene rings is 2. The van der Waals surface area contributed by atoms with Gasteiger partial charge in [0.1, 0.15) is 17.8 Å². The Bertz CT molecular complexity index is 1010. The topological polar surface area (TPSA) is 73.4 Å². The Morgan fingerprint density at radius 1 is 1.25 bits per heavy atom. The normalized spacial score (nSPS) is 23.4. The average molecular weight is 380 g/mol. The Morgan fingerprint density at radius 3 is 2.71 bits per heavy atom. The molecule has 0 bridgehead atoms. The van der Waals surface area contributed by atoms with E-state index >= 15 is 0 Å². The number of nitrogens with zero attached hydrogens (tertiary/aromatic N) is 2. The molecular weight excluding hydrogens is 359 g/mol. The molecule has 0 amide bonds. The van der Waals surface area contributed by atoms with Crippen molar-refractivity contribution in [2.75, 3.05) is 18.6 Å². The van der Waals surface area contributed by atoms with Crippen LogP contribution < -0.4 is 15.0 Å². The number of hydrogen-bond donors (Lipinski definition) is 3. The summed E-state index contributed by atoms with van der Waals surface area (Å²) in [4.78, 5) is 2.07. The third kappa shape index (κ3) is 2.43. The fourth-order valence-electron chi connectivity index (χ4n) is 4.49. The van der Waals surface area contributed by atoms with E-state index in [-0.39, 0.29) is 5.82 Å². The summed E-state index contributed by atoms with van der Waals surface area (Å²) in [7, 11) is 1.53. The predicted octanol–water partition coefficient (Wildman–Crippen LogP) is 2.97. The van der Waals surface area contributed by atoms with E-state index in [1.54, 1.807) is 6.20 Å². The Balaban J connectivity index is 1.64. The number of methoxy groups -OCH3 is 1. The number of nitrogens with one attached hydrogen (secondary N) is 2. The first-order valence-electron chi connectivity index (χ1n) is 9.30. The first-order chi connectivity index (χ1) is 13.6. The predicted molar refractivity (Wildman–Crippen MR) is 104 cm³/mol. The van der Waals surface area contributed by atoms with Crippen molar-refractivity contribution in [3.05, 3.63) is 60.2 Å². The van der Waals surface area contributed by atoms with Crippen LogP contribution in [-0.2, 0) is 6.42 Å². The van der Waals surface area contributed by atoms with E-state index in [0.717, 1.165) is 22.5 Å². The van der Waals surface area contributed by atoms with Gasteiger partial charge in [-0.1, -0.05) is 12.1 Å². The van der Waals surface area contributed by atoms with E-state index in [1.807, 2.05) is 36.5 Å². The number of halogens is 1. The number of hydrogen-bond acceptors (Lipinski definition) is 5. The minimum Gasteiger partial charge on any atom is -0.497 e. The van der Waals surface area contributed by atoms with Crippen LogP contribution in [0.25, 0.3) is 11.1 Å². The SMILES string of the molecule is COc1cc(F)c2c(c1)N(c1ccc(-c3cn[nH]c3)cc1)C1(CCNC1O)C2. The van der Waals surface area contributed by atoms with E-state index < -0.39 is 11.8 Å². The summed E-state index contributed by atoms with van der Waals surface area (Å²) in [6.07, 6.45) is 4.02. The third-order valence-electron chi connectivity index (χ3n) is 5.91. The molecule has 2 atom stereocenters. The second kappa shape index (κ2) is 6.32. The Kier molecular flexibility index (Phi) is 3.89. The van der Waals surface area contributed by atoms with Crippen molar-refractivity contribution < 1.29 is 14.2 Å². The minimum absolute atomic E-state index is 0.301. The highest BCUT2D eigenvalue weighted by atomic mass is 19.1. The van der Waals surface area contributed by atoms with Gasteiger partial charge in [0.2, 0.25) is 0 Å². The van der Waals surface area contributed by atoms with Crippen molar-refractivity contribution in [3.63, 3.8) is 0 Å². The molecule has 3 N–H and O–H groups in total. The van der Waals surface area contributed by atoms with Crippen LogP contribution in [0, 0.1) is 5.82 Å². The Hall–Kier alpha value is -2.90. The second-order valence-electron chi connectivity index (χ2n) is 7.36. The maximum Gasteiger partial charge on any atom is 0.132 e. The van der Waals surface area contributed by atoms with Crippen LogP contribution in [0.1, 0.15) is 12.0 Å². The fraction of sp³-hybridized carbons (Fsp3) is 0.286. The standard InChI is InChI=1S/C21H21FN4O2/c1-28-16-8-18(22)17-10-21(6-7-23-20(21)27)26(19(17)9-16)15-4-2-13(3-5-15)14-11-24-25-12-14/h2-5,8-9,11-12,20,23,27H,6-7,10H2,1H3,(H,24,25). The van der Waals surface area contributed by atoms with Gasteiger partial charge in [-0.25, -0.2) is 4.39 Å². The van der Waals surface area contributed by atoms with E-state index in [4.69, 9.17) is 4.74 Å². The second-order valence-corrected chi connectivity index (χ2v) is 7.36. The first-order valence-corrected chi connectivity index (χ1v) is 9.30. The number of aliphatic hydroxyl groups is 1. The lowest BCUT2D eigenvalue weighted by molar-refractivity contribution is 0.0955. The molecule has 144 valence electrons. The molecule has 3 heterocycles. The zero-order chi connectivity index (χ0) is 19.3. The summed E-state index contributed by atoms with van der Waals surface area (Å²) in [5.41, 5.74) is 3.68. The molecule has 1 spiro atoms. The molecule has 2 aromatic carbocycles. The van der Waals surface area contributed by atoms with Crippen molar-refractivity contribution in [1.82, 2.24) is 15.5 Å². The number of anilines is 2. The van der Waals surface area contributed by atoms with Crippen LogP contribution in [0.3, 0.4) is 0 Å². The summed E-state index contributed by atoms with van der Waals surface area (Å²) in [6.45, 7) is 0.678. The van der Waals surface area contributed by atoms with Crippen LogP contribution in [0.2, 0.25) is 0 Å². The van der Waals surface area contributed by atoms with Crippen molar-refractivity contribution in [1.29, 1.82) is 0 Å². The molecule has 2 aliphatic rings. The van der Waals surface area contributed by atoms with Crippen molar-refractivity contribution in [3.8, 4) is 16.9 Å². The van der Waals surface area contributed by atoms with Crippen LogP contribution in [0.4, 0.5) is 15.8 Å². The molecule has 6 nitrogen and oxygen atoms in total. The number of fused-ring (bicyclic) bond motifs is 1. The molecule has 0 radical (unpaired) electrons. The first kappa shape index (κ1) is 17.2. The number of aromatic nitrogens is 2. The highest BCUT2D eigenvalue weighted by molar-refractivity contribution is 5.77. The lowest BCUT2D eigenvalue weighted by atomic mass is 9.90. The fourth-order valence-corrected chi connectivity index (χ4v) is 4.49. The zero-order valence-corrected chi connectivity index (χ0v) is 15.4. The number of ether oxygens (including phenoxy) is 1. The summed E-state index contributed by atoms with van der Waals surface area (Å²) >= 11 is 0. The molecular formula is C21H21FN4O2. The van der Waals surface area contributed by atoms with Crippen molar-refractivity contribution >= 4 is 11.4 Å². The van der Waals surface area contributed by atoms with Gasteiger partial charge in [0.05, 0.1) is 24.5 Å². The lowest BCUT2D eigenvalue weighted by Gasteiger charge is -2.39. The maximum atomic E-state index is 14.8. The van der Waals surface area contributed by atoms with Crippen molar-refractivity contribution in [2.24, 2.45) is 0 Å². The third-order valence-corrected chi connectivity index (χ3v) is 5.91. The van der Waals surface area contributed by atoms with Crippen LogP contribution >= 0.6 is 0 Å². The van der Waals surface area contributed by atoms with Crippen molar-refractivity contribution in [2.45, 2.75) is 24.6 Å². The number of aliphatic hydroxyl groups excluding tert-OH is 1. The van der Waals surface area contributed by atoms with Crippen LogP contribution in [0.5, 0.6) is 5.75 Å². The van der Waals surface area contributed by atoms with Gasteiger partial charge in [-0.15, -0.1) is 0 Å². The van der Waals surface area contributed by atoms with Gasteiger partial charge >= 0.3 is 0 Å². The Labute approximate surface area is 162 Å². The molecule has 1 fully saturated rings. The number of rotatable bonds is 3. The molecule has 0 saturated carbocycles. The quantitative estimate of drug-likeness (QED) is 0.652. The largest absolute Gasteiger partial charge is 0.497 e. The van der Waals surface area contributed by atoms with Crippen LogP contribution in [-0.4, -0.2) is 40.7 Å². The highest BCUT2D eigenvalue weighted by Crippen LogP contribution is 2.50. The number of H-pyrrole nitrogens is 1. The smallest absolute Gasteiger partial charge is 0.132 e. The highest BCUT2D eigenvalue weighted by Gasteiger charge is 2.53. The summed E-state index contributed by atoms with van der Waals surface area (Å²) in [5.74, 6) is 0.166. The Morgan fingerprint density at radius 2 is 2.07 bits per heavy atom. The summed E-state index contributed by atoms with van der Waals surface area (Å²) in [5, 5.41) is 20.7. The van der Waals surface area contributed by atoms with Crippen LogP contribution in [0.15, 0.2) is 48.8 Å². The van der Waals surface area contributed by atoms with Gasteiger partial charge < -0.3 is 14.7 Å². The van der Waals surface area contributed by atoms with E-state index in [0.29, 0.717) is 30.7 Å². The molecule has 3 aromatic rings. The molecule has 1 aromatic heterocycles.